The molecule has 0 saturated heterocycles. The van der Waals surface area contributed by atoms with Crippen LogP contribution in [0.3, 0.4) is 0 Å². The van der Waals surface area contributed by atoms with Crippen molar-refractivity contribution in [3.05, 3.63) is 24.3 Å². The number of carbonyl (C=O) groups is 1. The Labute approximate surface area is 167 Å². The van der Waals surface area contributed by atoms with Crippen LogP contribution in [0.2, 0.25) is 0 Å². The Bertz CT molecular complexity index is 586. The van der Waals surface area contributed by atoms with E-state index in [4.69, 9.17) is 4.74 Å². The Balaban J connectivity index is 0.00000529. The van der Waals surface area contributed by atoms with Gasteiger partial charge < -0.3 is 9.29 Å². The quantitative estimate of drug-likeness (QED) is 0.193. The Morgan fingerprint density at radius 1 is 1.00 bits per heavy atom. The maximum Gasteiger partial charge on any atom is 1.00 e. The summed E-state index contributed by atoms with van der Waals surface area (Å²) in [7, 11) is -4.65. The van der Waals surface area contributed by atoms with Crippen molar-refractivity contribution in [2.75, 3.05) is 0 Å². The molecule has 7 heteroatoms. The van der Waals surface area contributed by atoms with Crippen molar-refractivity contribution in [1.82, 2.24) is 0 Å². The molecular weight excluding hydrogens is 339 g/mol. The molecule has 0 aliphatic carbocycles. The van der Waals surface area contributed by atoms with Gasteiger partial charge in [0.2, 0.25) is 0 Å². The van der Waals surface area contributed by atoms with Crippen molar-refractivity contribution in [2.45, 2.75) is 69.6 Å². The third-order valence-electron chi connectivity index (χ3n) is 3.58. The number of carbonyl (C=O) groups excluding carboxylic acids is 1. The molecule has 0 radical (unpaired) electrons. The number of rotatable bonds is 11. The Hall–Kier alpha value is -0.400. The van der Waals surface area contributed by atoms with Gasteiger partial charge in [0, 0.05) is 6.42 Å². The van der Waals surface area contributed by atoms with Gasteiger partial charge in [-0.25, -0.2) is 8.42 Å². The molecule has 0 saturated carbocycles. The zero-order chi connectivity index (χ0) is 17.1. The summed E-state index contributed by atoms with van der Waals surface area (Å²) in [6.07, 6.45) is 9.13. The topological polar surface area (TPSA) is 83.5 Å². The molecule has 0 unspecified atom stereocenters. The first kappa shape index (κ1) is 23.6. The minimum absolute atomic E-state index is 0. The molecule has 0 aliphatic rings. The molecule has 0 aromatic heterocycles. The molecule has 0 bridgehead atoms. The fraction of sp³-hybridized carbons (Fsp3) is 0.588. The first-order chi connectivity index (χ1) is 10.9. The van der Waals surface area contributed by atoms with E-state index in [0.717, 1.165) is 18.9 Å². The average Bonchev–Trinajstić information content (AvgIpc) is 2.49. The maximum absolute atomic E-state index is 11.7. The molecule has 0 heterocycles. The van der Waals surface area contributed by atoms with Crippen LogP contribution in [0.5, 0.6) is 5.75 Å². The molecule has 0 aliphatic heterocycles. The molecule has 0 spiro atoms. The zero-order valence-electron chi connectivity index (χ0n) is 14.6. The van der Waals surface area contributed by atoms with Crippen LogP contribution in [0, 0.1) is 0 Å². The second-order valence-electron chi connectivity index (χ2n) is 5.60. The van der Waals surface area contributed by atoms with Gasteiger partial charge in [-0.1, -0.05) is 64.0 Å². The third kappa shape index (κ3) is 9.79. The van der Waals surface area contributed by atoms with Gasteiger partial charge in [-0.15, -0.1) is 0 Å². The molecule has 0 atom stereocenters. The number of unbranched alkanes of at least 4 members (excludes halogenated alkanes) is 7. The van der Waals surface area contributed by atoms with E-state index in [9.17, 15) is 17.8 Å². The number of hydrogen-bond donors (Lipinski definition) is 0. The minimum atomic E-state index is -4.65. The van der Waals surface area contributed by atoms with Gasteiger partial charge in [0.1, 0.15) is 15.9 Å². The molecule has 1 rings (SSSR count). The molecule has 130 valence electrons. The minimum Gasteiger partial charge on any atom is -0.744 e. The van der Waals surface area contributed by atoms with Crippen molar-refractivity contribution >= 4 is 16.1 Å². The SMILES string of the molecule is CCCCCCCCCCC(=O)Oc1ccccc1S(=O)(=O)[O-].[Na+]. The van der Waals surface area contributed by atoms with Gasteiger partial charge in [0.05, 0.1) is 4.90 Å². The fourth-order valence-electron chi connectivity index (χ4n) is 2.32. The predicted molar refractivity (Wildman–Crippen MR) is 87.3 cm³/mol. The van der Waals surface area contributed by atoms with Crippen LogP contribution in [0.15, 0.2) is 29.2 Å². The van der Waals surface area contributed by atoms with E-state index in [1.807, 2.05) is 0 Å². The number of para-hydroxylation sites is 1. The fourth-order valence-corrected chi connectivity index (χ4v) is 2.92. The maximum atomic E-state index is 11.7. The standard InChI is InChI=1S/C17H26O5S.Na/c1-2-3-4-5-6-7-8-9-14-17(18)22-15-12-10-11-13-16(15)23(19,20)21;/h10-13H,2-9,14H2,1H3,(H,19,20,21);/q;+1/p-1. The smallest absolute Gasteiger partial charge is 0.744 e. The van der Waals surface area contributed by atoms with Crippen LogP contribution in [0.1, 0.15) is 64.7 Å². The summed E-state index contributed by atoms with van der Waals surface area (Å²) in [4.78, 5) is 11.3. The van der Waals surface area contributed by atoms with Crippen molar-refractivity contribution in [3.8, 4) is 5.75 Å². The Morgan fingerprint density at radius 2 is 1.54 bits per heavy atom. The summed E-state index contributed by atoms with van der Waals surface area (Å²) in [5.41, 5.74) is 0. The van der Waals surface area contributed by atoms with Crippen LogP contribution in [-0.4, -0.2) is 18.9 Å². The summed E-state index contributed by atoms with van der Waals surface area (Å²) >= 11 is 0. The predicted octanol–water partition coefficient (Wildman–Crippen LogP) is 1.03. The summed E-state index contributed by atoms with van der Waals surface area (Å²) in [5, 5.41) is 0. The number of ether oxygens (including phenoxy) is 1. The first-order valence-electron chi connectivity index (χ1n) is 8.20. The van der Waals surface area contributed by atoms with Crippen LogP contribution >= 0.6 is 0 Å². The van der Waals surface area contributed by atoms with Crippen molar-refractivity contribution < 1.29 is 52.1 Å². The second kappa shape index (κ2) is 12.9. The molecule has 0 fully saturated rings. The van der Waals surface area contributed by atoms with E-state index < -0.39 is 21.0 Å². The molecule has 5 nitrogen and oxygen atoms in total. The number of esters is 1. The summed E-state index contributed by atoms with van der Waals surface area (Å²) < 4.78 is 38.3. The molecule has 24 heavy (non-hydrogen) atoms. The van der Waals surface area contributed by atoms with E-state index in [2.05, 4.69) is 6.92 Å². The molecule has 1 aromatic rings. The Kier molecular flexibility index (Phi) is 12.7. The van der Waals surface area contributed by atoms with Crippen LogP contribution in [0.25, 0.3) is 0 Å². The van der Waals surface area contributed by atoms with Crippen molar-refractivity contribution in [1.29, 1.82) is 0 Å². The van der Waals surface area contributed by atoms with E-state index in [0.29, 0.717) is 6.42 Å². The van der Waals surface area contributed by atoms with Gasteiger partial charge >= 0.3 is 35.5 Å². The molecule has 0 N–H and O–H groups in total. The summed E-state index contributed by atoms with van der Waals surface area (Å²) in [5.74, 6) is -0.695. The largest absolute Gasteiger partial charge is 1.00 e. The third-order valence-corrected chi connectivity index (χ3v) is 4.45. The van der Waals surface area contributed by atoms with E-state index >= 15 is 0 Å². The molecular formula is C17H25NaO5S. The zero-order valence-corrected chi connectivity index (χ0v) is 17.4. The number of benzene rings is 1. The van der Waals surface area contributed by atoms with Gasteiger partial charge in [-0.05, 0) is 18.6 Å². The second-order valence-corrected chi connectivity index (χ2v) is 6.95. The molecule has 0 amide bonds. The van der Waals surface area contributed by atoms with Gasteiger partial charge in [0.25, 0.3) is 0 Å². The normalized spacial score (nSPS) is 10.9. The first-order valence-corrected chi connectivity index (χ1v) is 9.61. The van der Waals surface area contributed by atoms with Crippen LogP contribution in [0.4, 0.5) is 0 Å². The van der Waals surface area contributed by atoms with E-state index in [1.165, 1.54) is 50.3 Å². The molecule has 1 aromatic carbocycles. The summed E-state index contributed by atoms with van der Waals surface area (Å²) in [6, 6.07) is 5.39. The Morgan fingerprint density at radius 3 is 2.12 bits per heavy atom. The summed E-state index contributed by atoms with van der Waals surface area (Å²) in [6.45, 7) is 2.18. The van der Waals surface area contributed by atoms with Gasteiger partial charge in [-0.2, -0.15) is 0 Å². The van der Waals surface area contributed by atoms with E-state index in [-0.39, 0.29) is 41.7 Å². The van der Waals surface area contributed by atoms with Crippen molar-refractivity contribution in [2.24, 2.45) is 0 Å². The van der Waals surface area contributed by atoms with E-state index in [1.54, 1.807) is 0 Å². The monoisotopic (exact) mass is 364 g/mol. The van der Waals surface area contributed by atoms with Crippen LogP contribution < -0.4 is 34.3 Å². The van der Waals surface area contributed by atoms with Gasteiger partial charge in [-0.3, -0.25) is 4.79 Å². The van der Waals surface area contributed by atoms with Crippen LogP contribution in [-0.2, 0) is 14.9 Å². The number of hydrogen-bond acceptors (Lipinski definition) is 5. The average molecular weight is 364 g/mol. The van der Waals surface area contributed by atoms with Crippen molar-refractivity contribution in [3.63, 3.8) is 0 Å². The van der Waals surface area contributed by atoms with Gasteiger partial charge in [0.15, 0.2) is 0 Å².